The SMILES string of the molecule is COc1cccc(CC(=O)Nc2ncc(Cc3ccc(OC(F)(F)F)cc3)s2)c1. The van der Waals surface area contributed by atoms with E-state index in [1.54, 1.807) is 37.6 Å². The first-order valence-corrected chi connectivity index (χ1v) is 9.34. The average molecular weight is 422 g/mol. The fourth-order valence-corrected chi connectivity index (χ4v) is 3.45. The van der Waals surface area contributed by atoms with Crippen LogP contribution in [-0.2, 0) is 17.6 Å². The van der Waals surface area contributed by atoms with Gasteiger partial charge in [0.25, 0.3) is 0 Å². The number of nitrogens with one attached hydrogen (secondary N) is 1. The first kappa shape index (κ1) is 20.7. The van der Waals surface area contributed by atoms with Crippen molar-refractivity contribution in [1.82, 2.24) is 4.98 Å². The highest BCUT2D eigenvalue weighted by molar-refractivity contribution is 7.15. The van der Waals surface area contributed by atoms with Gasteiger partial charge < -0.3 is 14.8 Å². The van der Waals surface area contributed by atoms with Crippen molar-refractivity contribution < 1.29 is 27.4 Å². The molecule has 3 aromatic rings. The van der Waals surface area contributed by atoms with Gasteiger partial charge in [0.2, 0.25) is 5.91 Å². The maximum absolute atomic E-state index is 12.2. The Bertz CT molecular complexity index is 972. The summed E-state index contributed by atoms with van der Waals surface area (Å²) in [6.07, 6.45) is -2.41. The van der Waals surface area contributed by atoms with Gasteiger partial charge in [-0.3, -0.25) is 4.79 Å². The van der Waals surface area contributed by atoms with Gasteiger partial charge in [0, 0.05) is 17.5 Å². The van der Waals surface area contributed by atoms with Gasteiger partial charge in [-0.2, -0.15) is 0 Å². The van der Waals surface area contributed by atoms with E-state index >= 15 is 0 Å². The van der Waals surface area contributed by atoms with Crippen LogP contribution in [0.4, 0.5) is 18.3 Å². The number of ether oxygens (including phenoxy) is 2. The maximum atomic E-state index is 12.2. The summed E-state index contributed by atoms with van der Waals surface area (Å²) in [7, 11) is 1.56. The largest absolute Gasteiger partial charge is 0.573 e. The molecule has 1 amide bonds. The topological polar surface area (TPSA) is 60.5 Å². The normalized spacial score (nSPS) is 11.2. The van der Waals surface area contributed by atoms with Crippen LogP contribution >= 0.6 is 11.3 Å². The fourth-order valence-electron chi connectivity index (χ4n) is 2.59. The molecule has 0 atom stereocenters. The number of benzene rings is 2. The number of carbonyl (C=O) groups excluding carboxylic acids is 1. The van der Waals surface area contributed by atoms with E-state index in [1.165, 1.54) is 23.5 Å². The van der Waals surface area contributed by atoms with Gasteiger partial charge >= 0.3 is 6.36 Å². The zero-order valence-corrected chi connectivity index (χ0v) is 16.1. The molecule has 0 bridgehead atoms. The smallest absolute Gasteiger partial charge is 0.497 e. The summed E-state index contributed by atoms with van der Waals surface area (Å²) in [4.78, 5) is 17.3. The Morgan fingerprint density at radius 1 is 1.10 bits per heavy atom. The quantitative estimate of drug-likeness (QED) is 0.593. The van der Waals surface area contributed by atoms with Crippen molar-refractivity contribution in [2.24, 2.45) is 0 Å². The van der Waals surface area contributed by atoms with Gasteiger partial charge in [-0.1, -0.05) is 24.3 Å². The molecule has 1 aromatic heterocycles. The number of nitrogens with zero attached hydrogens (tertiary/aromatic N) is 1. The summed E-state index contributed by atoms with van der Waals surface area (Å²) in [5, 5.41) is 3.21. The Hall–Kier alpha value is -3.07. The van der Waals surface area contributed by atoms with E-state index in [2.05, 4.69) is 15.0 Å². The van der Waals surface area contributed by atoms with Crippen molar-refractivity contribution in [2.45, 2.75) is 19.2 Å². The molecule has 1 heterocycles. The summed E-state index contributed by atoms with van der Waals surface area (Å²) in [5.41, 5.74) is 1.62. The Morgan fingerprint density at radius 2 is 1.86 bits per heavy atom. The average Bonchev–Trinajstić information content (AvgIpc) is 3.09. The predicted octanol–water partition coefficient (Wildman–Crippen LogP) is 4.82. The lowest BCUT2D eigenvalue weighted by atomic mass is 10.1. The van der Waals surface area contributed by atoms with Crippen LogP contribution in [0, 0.1) is 0 Å². The van der Waals surface area contributed by atoms with E-state index in [9.17, 15) is 18.0 Å². The highest BCUT2D eigenvalue weighted by Crippen LogP contribution is 2.25. The van der Waals surface area contributed by atoms with Crippen LogP contribution in [0.5, 0.6) is 11.5 Å². The van der Waals surface area contributed by atoms with Gasteiger partial charge in [0.15, 0.2) is 5.13 Å². The number of anilines is 1. The standard InChI is InChI=1S/C20H17F3N2O3S/c1-27-16-4-2-3-14(9-16)11-18(26)25-19-24-12-17(29-19)10-13-5-7-15(8-6-13)28-20(21,22)23/h2-9,12H,10-11H2,1H3,(H,24,25,26). The van der Waals surface area contributed by atoms with E-state index in [1.807, 2.05) is 12.1 Å². The first-order chi connectivity index (χ1) is 13.8. The van der Waals surface area contributed by atoms with Gasteiger partial charge in [-0.15, -0.1) is 24.5 Å². The third-order valence-corrected chi connectivity index (χ3v) is 4.75. The molecule has 0 spiro atoms. The minimum absolute atomic E-state index is 0.187. The number of halogens is 3. The van der Waals surface area contributed by atoms with E-state index in [0.717, 1.165) is 16.0 Å². The molecule has 0 saturated carbocycles. The van der Waals surface area contributed by atoms with Crippen molar-refractivity contribution in [3.8, 4) is 11.5 Å². The van der Waals surface area contributed by atoms with E-state index in [-0.39, 0.29) is 18.1 Å². The monoisotopic (exact) mass is 422 g/mol. The van der Waals surface area contributed by atoms with Crippen molar-refractivity contribution in [3.05, 3.63) is 70.7 Å². The third kappa shape index (κ3) is 6.49. The second kappa shape index (κ2) is 8.95. The highest BCUT2D eigenvalue weighted by atomic mass is 32.1. The van der Waals surface area contributed by atoms with Gasteiger partial charge in [-0.05, 0) is 35.4 Å². The number of methoxy groups -OCH3 is 1. The molecule has 0 radical (unpaired) electrons. The van der Waals surface area contributed by atoms with Crippen molar-refractivity contribution in [3.63, 3.8) is 0 Å². The van der Waals surface area contributed by atoms with E-state index in [4.69, 9.17) is 4.74 Å². The number of carbonyl (C=O) groups is 1. The van der Waals surface area contributed by atoms with Crippen LogP contribution < -0.4 is 14.8 Å². The summed E-state index contributed by atoms with van der Waals surface area (Å²) >= 11 is 1.31. The first-order valence-electron chi connectivity index (χ1n) is 8.53. The van der Waals surface area contributed by atoms with Crippen molar-refractivity contribution >= 4 is 22.4 Å². The Kier molecular flexibility index (Phi) is 6.38. The van der Waals surface area contributed by atoms with E-state index in [0.29, 0.717) is 17.3 Å². The van der Waals surface area contributed by atoms with Gasteiger partial charge in [0.05, 0.1) is 13.5 Å². The van der Waals surface area contributed by atoms with Crippen molar-refractivity contribution in [1.29, 1.82) is 0 Å². The second-order valence-electron chi connectivity index (χ2n) is 6.08. The molecule has 9 heteroatoms. The molecule has 0 aliphatic carbocycles. The van der Waals surface area contributed by atoms with Gasteiger partial charge in [-0.25, -0.2) is 4.98 Å². The molecule has 1 N–H and O–H groups in total. The summed E-state index contributed by atoms with van der Waals surface area (Å²) in [6, 6.07) is 12.9. The predicted molar refractivity (Wildman–Crippen MR) is 103 cm³/mol. The van der Waals surface area contributed by atoms with Crippen molar-refractivity contribution in [2.75, 3.05) is 12.4 Å². The second-order valence-corrected chi connectivity index (χ2v) is 7.19. The maximum Gasteiger partial charge on any atom is 0.573 e. The van der Waals surface area contributed by atoms with E-state index < -0.39 is 6.36 Å². The van der Waals surface area contributed by atoms with Crippen LogP contribution in [0.3, 0.4) is 0 Å². The molecule has 0 aliphatic heterocycles. The zero-order valence-electron chi connectivity index (χ0n) is 15.3. The number of thiazole rings is 1. The molecule has 0 aliphatic rings. The molecule has 152 valence electrons. The van der Waals surface area contributed by atoms with Crippen LogP contribution in [0.15, 0.2) is 54.7 Å². The Labute approximate surface area is 169 Å². The number of rotatable bonds is 7. The van der Waals surface area contributed by atoms with Gasteiger partial charge in [0.1, 0.15) is 11.5 Å². The minimum Gasteiger partial charge on any atom is -0.497 e. The molecule has 29 heavy (non-hydrogen) atoms. The number of hydrogen-bond acceptors (Lipinski definition) is 5. The molecular formula is C20H17F3N2O3S. The number of amides is 1. The molecule has 2 aromatic carbocycles. The summed E-state index contributed by atoms with van der Waals surface area (Å²) in [5.74, 6) is 0.211. The molecule has 5 nitrogen and oxygen atoms in total. The minimum atomic E-state index is -4.71. The number of hydrogen-bond donors (Lipinski definition) is 1. The van der Waals surface area contributed by atoms with Crippen LogP contribution in [-0.4, -0.2) is 24.4 Å². The fraction of sp³-hybridized carbons (Fsp3) is 0.200. The molecular weight excluding hydrogens is 405 g/mol. The number of aromatic nitrogens is 1. The zero-order chi connectivity index (χ0) is 20.9. The molecule has 3 rings (SSSR count). The molecule has 0 fully saturated rings. The lowest BCUT2D eigenvalue weighted by Gasteiger charge is -2.08. The number of alkyl halides is 3. The third-order valence-electron chi connectivity index (χ3n) is 3.83. The Morgan fingerprint density at radius 3 is 2.55 bits per heavy atom. The lowest BCUT2D eigenvalue weighted by Crippen LogP contribution is -2.17. The summed E-state index contributed by atoms with van der Waals surface area (Å²) in [6.45, 7) is 0. The van der Waals surface area contributed by atoms with Crippen LogP contribution in [0.2, 0.25) is 0 Å². The molecule has 0 saturated heterocycles. The summed E-state index contributed by atoms with van der Waals surface area (Å²) < 4.78 is 45.6. The Balaban J connectivity index is 1.55. The van der Waals surface area contributed by atoms with Crippen LogP contribution in [0.1, 0.15) is 16.0 Å². The lowest BCUT2D eigenvalue weighted by molar-refractivity contribution is -0.274. The highest BCUT2D eigenvalue weighted by Gasteiger charge is 2.30. The van der Waals surface area contributed by atoms with Crippen LogP contribution in [0.25, 0.3) is 0 Å². The molecule has 0 unspecified atom stereocenters.